The van der Waals surface area contributed by atoms with Crippen molar-refractivity contribution in [3.63, 3.8) is 0 Å². The summed E-state index contributed by atoms with van der Waals surface area (Å²) in [4.78, 5) is -0.117. The fraction of sp³-hybridized carbons (Fsp3) is 0.385. The van der Waals surface area contributed by atoms with Crippen molar-refractivity contribution in [2.24, 2.45) is 5.73 Å². The number of rotatable bonds is 6. The Hall–Kier alpha value is -0.420. The van der Waals surface area contributed by atoms with Crippen molar-refractivity contribution in [1.82, 2.24) is 4.72 Å². The zero-order valence-corrected chi connectivity index (χ0v) is 14.6. The second-order valence-electron chi connectivity index (χ2n) is 4.02. The molecule has 0 radical (unpaired) electrons. The van der Waals surface area contributed by atoms with Crippen LogP contribution in [-0.4, -0.2) is 33.5 Å². The van der Waals surface area contributed by atoms with E-state index in [1.54, 1.807) is 11.8 Å². The first kappa shape index (κ1) is 18.6. The Morgan fingerprint density at radius 3 is 2.48 bits per heavy atom. The predicted octanol–water partition coefficient (Wildman–Crippen LogP) is 2.33. The maximum Gasteiger partial charge on any atom is 0.243 e. The molecular formula is C13H16Cl2N2O2S2. The van der Waals surface area contributed by atoms with Gasteiger partial charge < -0.3 is 5.73 Å². The highest BCUT2D eigenvalue weighted by Gasteiger charge is 2.21. The Labute approximate surface area is 139 Å². The maximum atomic E-state index is 12.2. The van der Waals surface area contributed by atoms with Gasteiger partial charge in [-0.2, -0.15) is 11.8 Å². The van der Waals surface area contributed by atoms with Gasteiger partial charge in [-0.1, -0.05) is 35.0 Å². The Kier molecular flexibility index (Phi) is 7.88. The van der Waals surface area contributed by atoms with Crippen LogP contribution in [0.5, 0.6) is 0 Å². The molecule has 0 aliphatic rings. The first-order valence-corrected chi connectivity index (χ1v) is 9.72. The van der Waals surface area contributed by atoms with Gasteiger partial charge in [-0.05, 0) is 30.6 Å². The Balaban J connectivity index is 3.02. The molecule has 4 nitrogen and oxygen atoms in total. The van der Waals surface area contributed by atoms with Crippen LogP contribution in [0.3, 0.4) is 0 Å². The van der Waals surface area contributed by atoms with Crippen LogP contribution in [0.4, 0.5) is 0 Å². The summed E-state index contributed by atoms with van der Waals surface area (Å²) in [6.07, 6.45) is 2.69. The topological polar surface area (TPSA) is 72.2 Å². The Morgan fingerprint density at radius 2 is 1.95 bits per heavy atom. The summed E-state index contributed by atoms with van der Waals surface area (Å²) >= 11 is 13.7. The van der Waals surface area contributed by atoms with Crippen LogP contribution >= 0.6 is 35.0 Å². The van der Waals surface area contributed by atoms with Gasteiger partial charge in [0, 0.05) is 12.1 Å². The lowest BCUT2D eigenvalue weighted by atomic mass is 10.2. The van der Waals surface area contributed by atoms with Gasteiger partial charge in [-0.3, -0.25) is 0 Å². The fourth-order valence-corrected chi connectivity index (χ4v) is 4.26. The van der Waals surface area contributed by atoms with Crippen molar-refractivity contribution in [2.45, 2.75) is 11.3 Å². The van der Waals surface area contributed by atoms with Gasteiger partial charge in [0.2, 0.25) is 10.0 Å². The number of thioether (sulfide) groups is 1. The van der Waals surface area contributed by atoms with Gasteiger partial charge in [0.05, 0.1) is 16.6 Å². The van der Waals surface area contributed by atoms with Gasteiger partial charge >= 0.3 is 0 Å². The van der Waals surface area contributed by atoms with E-state index in [9.17, 15) is 8.42 Å². The van der Waals surface area contributed by atoms with Crippen molar-refractivity contribution in [3.05, 3.63) is 27.7 Å². The molecule has 116 valence electrons. The van der Waals surface area contributed by atoms with Crippen molar-refractivity contribution in [1.29, 1.82) is 0 Å². The van der Waals surface area contributed by atoms with Gasteiger partial charge in [0.1, 0.15) is 4.90 Å². The SMILES string of the molecule is CSCCCNS(=O)(=O)c1c(Cl)cc(C#CCN)cc1Cl. The van der Waals surface area contributed by atoms with Crippen LogP contribution < -0.4 is 10.5 Å². The molecule has 0 aliphatic carbocycles. The van der Waals surface area contributed by atoms with Crippen molar-refractivity contribution < 1.29 is 8.42 Å². The van der Waals surface area contributed by atoms with Crippen molar-refractivity contribution >= 4 is 45.0 Å². The summed E-state index contributed by atoms with van der Waals surface area (Å²) in [5.74, 6) is 6.29. The smallest absolute Gasteiger partial charge is 0.243 e. The molecule has 0 unspecified atom stereocenters. The van der Waals surface area contributed by atoms with Crippen LogP contribution in [0.15, 0.2) is 17.0 Å². The zero-order valence-electron chi connectivity index (χ0n) is 11.4. The van der Waals surface area contributed by atoms with E-state index in [0.29, 0.717) is 12.1 Å². The number of hydrogen-bond donors (Lipinski definition) is 2. The Bertz CT molecular complexity index is 629. The van der Waals surface area contributed by atoms with E-state index in [4.69, 9.17) is 28.9 Å². The molecule has 0 heterocycles. The molecule has 21 heavy (non-hydrogen) atoms. The molecule has 0 fully saturated rings. The summed E-state index contributed by atoms with van der Waals surface area (Å²) in [6.45, 7) is 0.539. The number of hydrogen-bond acceptors (Lipinski definition) is 4. The van der Waals surface area contributed by atoms with E-state index >= 15 is 0 Å². The molecule has 1 aromatic rings. The lowest BCUT2D eigenvalue weighted by Gasteiger charge is -2.10. The van der Waals surface area contributed by atoms with Crippen molar-refractivity contribution in [3.8, 4) is 11.8 Å². The minimum Gasteiger partial charge on any atom is -0.320 e. The van der Waals surface area contributed by atoms with E-state index in [1.807, 2.05) is 6.26 Å². The number of benzene rings is 1. The minimum absolute atomic E-state index is 0.0428. The quantitative estimate of drug-likeness (QED) is 0.598. The average molecular weight is 367 g/mol. The van der Waals surface area contributed by atoms with E-state index in [-0.39, 0.29) is 21.5 Å². The highest BCUT2D eigenvalue weighted by Crippen LogP contribution is 2.30. The van der Waals surface area contributed by atoms with Crippen LogP contribution in [0.1, 0.15) is 12.0 Å². The first-order valence-electron chi connectivity index (χ1n) is 6.09. The molecule has 0 bridgehead atoms. The number of halogens is 2. The summed E-state index contributed by atoms with van der Waals surface area (Å²) in [7, 11) is -3.74. The second kappa shape index (κ2) is 8.89. The molecule has 0 aliphatic heterocycles. The molecule has 1 rings (SSSR count). The van der Waals surface area contributed by atoms with Gasteiger partial charge in [-0.25, -0.2) is 13.1 Å². The fourth-order valence-electron chi connectivity index (χ4n) is 1.54. The van der Waals surface area contributed by atoms with E-state index in [0.717, 1.165) is 12.2 Å². The lowest BCUT2D eigenvalue weighted by Crippen LogP contribution is -2.25. The second-order valence-corrected chi connectivity index (χ2v) is 7.52. The normalized spacial score (nSPS) is 11.0. The summed E-state index contributed by atoms with van der Waals surface area (Å²) in [5, 5.41) is 0.0855. The summed E-state index contributed by atoms with van der Waals surface area (Å²) in [5.41, 5.74) is 5.81. The summed E-state index contributed by atoms with van der Waals surface area (Å²) in [6, 6.07) is 2.93. The number of nitrogens with two attached hydrogens (primary N) is 1. The average Bonchev–Trinajstić information content (AvgIpc) is 2.40. The monoisotopic (exact) mass is 366 g/mol. The molecule has 0 saturated carbocycles. The van der Waals surface area contributed by atoms with E-state index in [1.165, 1.54) is 12.1 Å². The third-order valence-corrected chi connectivity index (χ3v) is 5.50. The predicted molar refractivity (Wildman–Crippen MR) is 90.6 cm³/mol. The van der Waals surface area contributed by atoms with Gasteiger partial charge in [0.15, 0.2) is 0 Å². The highest BCUT2D eigenvalue weighted by atomic mass is 35.5. The molecular weight excluding hydrogens is 351 g/mol. The van der Waals surface area contributed by atoms with Gasteiger partial charge in [-0.15, -0.1) is 0 Å². The van der Waals surface area contributed by atoms with Crippen LogP contribution in [0.2, 0.25) is 10.0 Å². The van der Waals surface area contributed by atoms with Crippen LogP contribution in [0, 0.1) is 11.8 Å². The number of sulfonamides is 1. The number of nitrogens with one attached hydrogen (secondary N) is 1. The molecule has 0 saturated heterocycles. The zero-order chi connectivity index (χ0) is 15.9. The maximum absolute atomic E-state index is 12.2. The van der Waals surface area contributed by atoms with Gasteiger partial charge in [0.25, 0.3) is 0 Å². The molecule has 0 atom stereocenters. The molecule has 8 heteroatoms. The third-order valence-electron chi connectivity index (χ3n) is 2.42. The van der Waals surface area contributed by atoms with Crippen molar-refractivity contribution in [2.75, 3.05) is 25.1 Å². The molecule has 1 aromatic carbocycles. The molecule has 0 amide bonds. The third kappa shape index (κ3) is 5.70. The van der Waals surface area contributed by atoms with Crippen LogP contribution in [0.25, 0.3) is 0 Å². The van der Waals surface area contributed by atoms with Crippen LogP contribution in [-0.2, 0) is 10.0 Å². The summed E-state index contributed by atoms with van der Waals surface area (Å²) < 4.78 is 26.9. The Morgan fingerprint density at radius 1 is 1.33 bits per heavy atom. The van der Waals surface area contributed by atoms with E-state index in [2.05, 4.69) is 16.6 Å². The highest BCUT2D eigenvalue weighted by molar-refractivity contribution is 7.98. The minimum atomic E-state index is -3.74. The van der Waals surface area contributed by atoms with E-state index < -0.39 is 10.0 Å². The molecule has 0 aromatic heterocycles. The standard InChI is InChI=1S/C13H16Cl2N2O2S2/c1-20-7-3-6-17-21(18,19)13-11(14)8-10(4-2-5-16)9-12(13)15/h8-9,17H,3,5-7,16H2,1H3. The lowest BCUT2D eigenvalue weighted by molar-refractivity contribution is 0.581. The largest absolute Gasteiger partial charge is 0.320 e. The first-order chi connectivity index (χ1) is 9.92. The molecule has 3 N–H and O–H groups in total. The molecule has 0 spiro atoms.